The zero-order valence-corrected chi connectivity index (χ0v) is 28.3. The fraction of sp³-hybridized carbons (Fsp3) is 0.657. The Labute approximate surface area is 263 Å². The number of ether oxygens (including phenoxy) is 4. The van der Waals surface area contributed by atoms with Gasteiger partial charge in [0.25, 0.3) is 0 Å². The van der Waals surface area contributed by atoms with E-state index in [0.29, 0.717) is 55.5 Å². The Morgan fingerprint density at radius 1 is 0.595 bits per heavy atom. The van der Waals surface area contributed by atoms with Gasteiger partial charge in [0, 0.05) is 0 Å². The van der Waals surface area contributed by atoms with Crippen LogP contribution in [0.1, 0.15) is 59.6 Å². The maximum Gasteiger partial charge on any atom is 0.108 e. The SMILES string of the molecule is CCSC1OC(COCc2ccccc2)C(C)C(C)C1C.CCSC1OC(COCc2ccccc2)C(O)C(C)C1C. The molecule has 2 saturated heterocycles. The van der Waals surface area contributed by atoms with E-state index in [9.17, 15) is 5.11 Å². The van der Waals surface area contributed by atoms with Crippen LogP contribution in [0, 0.1) is 29.6 Å². The highest BCUT2D eigenvalue weighted by molar-refractivity contribution is 7.99. The van der Waals surface area contributed by atoms with Crippen molar-refractivity contribution in [1.29, 1.82) is 0 Å². The lowest BCUT2D eigenvalue weighted by Gasteiger charge is -2.43. The Morgan fingerprint density at radius 2 is 1.02 bits per heavy atom. The average Bonchev–Trinajstić information content (AvgIpc) is 3.01. The van der Waals surface area contributed by atoms with Crippen LogP contribution in [-0.2, 0) is 32.2 Å². The van der Waals surface area contributed by atoms with Gasteiger partial charge in [-0.3, -0.25) is 0 Å². The highest BCUT2D eigenvalue weighted by Crippen LogP contribution is 2.39. The smallest absolute Gasteiger partial charge is 0.108 e. The molecule has 2 aliphatic heterocycles. The fourth-order valence-corrected chi connectivity index (χ4v) is 7.74. The molecule has 0 amide bonds. The molecule has 2 aromatic carbocycles. The Kier molecular flexibility index (Phi) is 15.8. The predicted molar refractivity (Wildman–Crippen MR) is 178 cm³/mol. The van der Waals surface area contributed by atoms with E-state index in [1.165, 1.54) is 5.56 Å². The van der Waals surface area contributed by atoms with Crippen LogP contribution in [-0.4, -0.2) is 59.0 Å². The van der Waals surface area contributed by atoms with E-state index >= 15 is 0 Å². The summed E-state index contributed by atoms with van der Waals surface area (Å²) in [5.41, 5.74) is 2.83. The number of hydrogen-bond acceptors (Lipinski definition) is 7. The molecule has 4 rings (SSSR count). The molecule has 7 heteroatoms. The van der Waals surface area contributed by atoms with Gasteiger partial charge in [-0.2, -0.15) is 0 Å². The molecular formula is C35H54O5S2. The second-order valence-electron chi connectivity index (χ2n) is 11.8. The Balaban J connectivity index is 0.000000230. The topological polar surface area (TPSA) is 57.2 Å². The largest absolute Gasteiger partial charge is 0.390 e. The standard InChI is InChI=1S/C18H28O2S.C17H26O3S/c1-5-21-18-15(4)13(2)14(3)17(20-18)12-19-11-16-9-7-6-8-10-16;1-4-21-17-13(3)12(2)16(18)15(20-17)11-19-10-14-8-6-5-7-9-14/h6-10,13-15,17-18H,5,11-12H2,1-4H3;5-9,12-13,15-18H,4,10-11H2,1-3H3. The summed E-state index contributed by atoms with van der Waals surface area (Å²) in [5, 5.41) is 10.4. The number of hydrogen-bond donors (Lipinski definition) is 1. The van der Waals surface area contributed by atoms with E-state index in [2.05, 4.69) is 72.7 Å². The van der Waals surface area contributed by atoms with Gasteiger partial charge < -0.3 is 24.1 Å². The molecule has 5 nitrogen and oxygen atoms in total. The zero-order chi connectivity index (χ0) is 30.5. The second kappa shape index (κ2) is 18.7. The van der Waals surface area contributed by atoms with E-state index in [1.54, 1.807) is 0 Å². The number of aliphatic hydroxyl groups excluding tert-OH is 1. The van der Waals surface area contributed by atoms with Crippen molar-refractivity contribution in [3.05, 3.63) is 71.8 Å². The van der Waals surface area contributed by atoms with Gasteiger partial charge in [-0.1, -0.05) is 109 Å². The first-order chi connectivity index (χ1) is 20.3. The first kappa shape index (κ1) is 35.4. The minimum atomic E-state index is -0.454. The minimum Gasteiger partial charge on any atom is -0.390 e. The van der Waals surface area contributed by atoms with Crippen molar-refractivity contribution in [2.45, 2.75) is 90.9 Å². The summed E-state index contributed by atoms with van der Waals surface area (Å²) in [5.74, 6) is 4.54. The van der Waals surface area contributed by atoms with Gasteiger partial charge >= 0.3 is 0 Å². The molecule has 2 fully saturated rings. The third kappa shape index (κ3) is 10.5. The summed E-state index contributed by atoms with van der Waals surface area (Å²) in [6.07, 6.45) is -0.475. The lowest BCUT2D eigenvalue weighted by atomic mass is 9.80. The van der Waals surface area contributed by atoms with Gasteiger partial charge in [-0.15, -0.1) is 23.5 Å². The van der Waals surface area contributed by atoms with Crippen LogP contribution < -0.4 is 0 Å². The molecule has 2 aromatic rings. The predicted octanol–water partition coefficient (Wildman–Crippen LogP) is 7.90. The molecule has 0 saturated carbocycles. The number of thioether (sulfide) groups is 2. The monoisotopic (exact) mass is 618 g/mol. The third-order valence-electron chi connectivity index (χ3n) is 8.92. The summed E-state index contributed by atoms with van der Waals surface area (Å²) in [4.78, 5) is 0. The van der Waals surface area contributed by atoms with E-state index < -0.39 is 6.10 Å². The maximum atomic E-state index is 10.4. The Bertz CT molecular complexity index is 900. The van der Waals surface area contributed by atoms with Crippen LogP contribution in [0.25, 0.3) is 0 Å². The van der Waals surface area contributed by atoms with Crippen LogP contribution in [0.2, 0.25) is 0 Å². The molecule has 2 heterocycles. The molecule has 0 bridgehead atoms. The Hall–Kier alpha value is -1.06. The summed E-state index contributed by atoms with van der Waals surface area (Å²) in [7, 11) is 0. The van der Waals surface area contributed by atoms with Crippen molar-refractivity contribution >= 4 is 23.5 Å². The molecule has 0 aliphatic carbocycles. The lowest BCUT2D eigenvalue weighted by Crippen LogP contribution is -2.50. The van der Waals surface area contributed by atoms with Crippen LogP contribution >= 0.6 is 23.5 Å². The molecule has 0 aromatic heterocycles. The van der Waals surface area contributed by atoms with Gasteiger partial charge in [0.15, 0.2) is 0 Å². The van der Waals surface area contributed by atoms with E-state index in [4.69, 9.17) is 18.9 Å². The van der Waals surface area contributed by atoms with Crippen molar-refractivity contribution in [3.8, 4) is 0 Å². The zero-order valence-electron chi connectivity index (χ0n) is 26.7. The van der Waals surface area contributed by atoms with Crippen molar-refractivity contribution in [3.63, 3.8) is 0 Å². The van der Waals surface area contributed by atoms with Crippen LogP contribution in [0.3, 0.4) is 0 Å². The van der Waals surface area contributed by atoms with Gasteiger partial charge in [-0.05, 0) is 52.2 Å². The van der Waals surface area contributed by atoms with Crippen molar-refractivity contribution < 1.29 is 24.1 Å². The summed E-state index contributed by atoms with van der Waals surface area (Å²) in [6, 6.07) is 20.4. The molecule has 2 aliphatic rings. The first-order valence-corrected chi connectivity index (χ1v) is 17.8. The van der Waals surface area contributed by atoms with Crippen LogP contribution in [0.15, 0.2) is 60.7 Å². The Morgan fingerprint density at radius 3 is 1.50 bits per heavy atom. The molecular weight excluding hydrogens is 565 g/mol. The highest BCUT2D eigenvalue weighted by atomic mass is 32.2. The maximum absolute atomic E-state index is 10.4. The quantitative estimate of drug-likeness (QED) is 0.259. The van der Waals surface area contributed by atoms with E-state index in [1.807, 2.05) is 59.9 Å². The molecule has 236 valence electrons. The van der Waals surface area contributed by atoms with Crippen molar-refractivity contribution in [1.82, 2.24) is 0 Å². The van der Waals surface area contributed by atoms with Gasteiger partial charge in [0.1, 0.15) is 17.0 Å². The average molecular weight is 619 g/mol. The third-order valence-corrected chi connectivity index (χ3v) is 11.3. The molecule has 10 atom stereocenters. The normalized spacial score (nSPS) is 33.0. The first-order valence-electron chi connectivity index (χ1n) is 15.7. The van der Waals surface area contributed by atoms with Crippen molar-refractivity contribution in [2.75, 3.05) is 24.7 Å². The van der Waals surface area contributed by atoms with E-state index in [-0.39, 0.29) is 23.6 Å². The number of aliphatic hydroxyl groups is 1. The molecule has 10 unspecified atom stereocenters. The molecule has 0 radical (unpaired) electrons. The van der Waals surface area contributed by atoms with E-state index in [0.717, 1.165) is 17.1 Å². The lowest BCUT2D eigenvalue weighted by molar-refractivity contribution is -0.161. The summed E-state index contributed by atoms with van der Waals surface area (Å²) >= 11 is 3.73. The minimum absolute atomic E-state index is 0.152. The van der Waals surface area contributed by atoms with Crippen molar-refractivity contribution in [2.24, 2.45) is 29.6 Å². The fourth-order valence-electron chi connectivity index (χ4n) is 5.53. The van der Waals surface area contributed by atoms with Gasteiger partial charge in [-0.25, -0.2) is 0 Å². The second-order valence-corrected chi connectivity index (χ2v) is 14.5. The van der Waals surface area contributed by atoms with Crippen LogP contribution in [0.5, 0.6) is 0 Å². The summed E-state index contributed by atoms with van der Waals surface area (Å²) < 4.78 is 24.0. The molecule has 42 heavy (non-hydrogen) atoms. The molecule has 1 N–H and O–H groups in total. The van der Waals surface area contributed by atoms with Gasteiger partial charge in [0.2, 0.25) is 0 Å². The summed E-state index contributed by atoms with van der Waals surface area (Å²) in [6.45, 7) is 17.9. The number of rotatable bonds is 12. The molecule has 0 spiro atoms. The highest BCUT2D eigenvalue weighted by Gasteiger charge is 2.41. The van der Waals surface area contributed by atoms with Gasteiger partial charge in [0.05, 0.1) is 38.6 Å². The number of benzene rings is 2. The van der Waals surface area contributed by atoms with Crippen LogP contribution in [0.4, 0.5) is 0 Å².